The number of anilines is 1. The zero-order valence-electron chi connectivity index (χ0n) is 21.1. The Morgan fingerprint density at radius 2 is 1.71 bits per heavy atom. The number of carbonyl (C=O) groups excluding carboxylic acids is 1. The van der Waals surface area contributed by atoms with Gasteiger partial charge in [-0.1, -0.05) is 54.6 Å². The first-order valence-electron chi connectivity index (χ1n) is 12.1. The average Bonchev–Trinajstić information content (AvgIpc) is 3.29. The maximum Gasteiger partial charge on any atom is 0.319 e. The van der Waals surface area contributed by atoms with Gasteiger partial charge in [0.15, 0.2) is 9.84 Å². The molecule has 1 aliphatic heterocycles. The summed E-state index contributed by atoms with van der Waals surface area (Å²) in [6, 6.07) is 21.7. The minimum Gasteiger partial charge on any atom is -0.332 e. The molecule has 3 aromatic rings. The van der Waals surface area contributed by atoms with E-state index < -0.39 is 21.8 Å². The van der Waals surface area contributed by atoms with Crippen LogP contribution in [0.3, 0.4) is 0 Å². The van der Waals surface area contributed by atoms with E-state index in [-0.39, 0.29) is 28.7 Å². The van der Waals surface area contributed by atoms with Crippen molar-refractivity contribution in [3.05, 3.63) is 102 Å². The van der Waals surface area contributed by atoms with Crippen molar-refractivity contribution in [2.24, 2.45) is 4.99 Å². The van der Waals surface area contributed by atoms with Crippen LogP contribution in [0.5, 0.6) is 0 Å². The Hall–Kier alpha value is -3.85. The highest BCUT2D eigenvalue weighted by Gasteiger charge is 2.25. The van der Waals surface area contributed by atoms with Crippen LogP contribution in [0.25, 0.3) is 5.57 Å². The number of hydrogen-bond donors (Lipinski definition) is 2. The smallest absolute Gasteiger partial charge is 0.319 e. The van der Waals surface area contributed by atoms with Gasteiger partial charge in [0.25, 0.3) is 5.92 Å². The third-order valence-corrected chi connectivity index (χ3v) is 7.35. The van der Waals surface area contributed by atoms with E-state index >= 15 is 0 Å². The molecule has 38 heavy (non-hydrogen) atoms. The molecule has 198 valence electrons. The fourth-order valence-corrected chi connectivity index (χ4v) is 4.86. The third kappa shape index (κ3) is 7.13. The van der Waals surface area contributed by atoms with Crippen LogP contribution >= 0.6 is 0 Å². The van der Waals surface area contributed by atoms with Gasteiger partial charge in [-0.2, -0.15) is 0 Å². The van der Waals surface area contributed by atoms with E-state index in [9.17, 15) is 22.0 Å². The highest BCUT2D eigenvalue weighted by Crippen LogP contribution is 2.30. The monoisotopic (exact) mass is 537 g/mol. The zero-order valence-corrected chi connectivity index (χ0v) is 21.9. The number of aliphatic imine (C=N–C) groups is 1. The molecule has 0 saturated carbocycles. The van der Waals surface area contributed by atoms with Crippen LogP contribution in [0, 0.1) is 0 Å². The summed E-state index contributed by atoms with van der Waals surface area (Å²) in [5, 5.41) is 5.34. The van der Waals surface area contributed by atoms with E-state index in [4.69, 9.17) is 4.99 Å². The Bertz CT molecular complexity index is 1460. The van der Waals surface area contributed by atoms with Crippen molar-refractivity contribution in [3.8, 4) is 0 Å². The Morgan fingerprint density at radius 3 is 2.37 bits per heavy atom. The minimum atomic E-state index is -3.25. The first kappa shape index (κ1) is 27.2. The second-order valence-electron chi connectivity index (χ2n) is 9.33. The molecule has 2 amide bonds. The number of nitrogens with one attached hydrogen (secondary N) is 2. The van der Waals surface area contributed by atoms with Crippen molar-refractivity contribution < 1.29 is 22.0 Å². The van der Waals surface area contributed by atoms with E-state index in [0.717, 1.165) is 23.6 Å². The lowest BCUT2D eigenvalue weighted by Gasteiger charge is -2.13. The van der Waals surface area contributed by atoms with Gasteiger partial charge in [-0.25, -0.2) is 22.0 Å². The number of carbonyl (C=O) groups is 1. The third-order valence-electron chi connectivity index (χ3n) is 6.23. The number of amides is 2. The van der Waals surface area contributed by atoms with Crippen LogP contribution < -0.4 is 10.6 Å². The first-order valence-corrected chi connectivity index (χ1v) is 14.0. The molecule has 0 aromatic heterocycles. The Labute approximate surface area is 221 Å². The standard InChI is InChI=1S/C29H29F2N3O3S/c1-29(30,31)22-9-6-10-23(17-22)34-28(35)32-19-24-18-26(21-7-4-3-5-8-21)27(33-24)16-13-20-11-14-25(15-12-20)38(2,36)37/h3-12,14-15,17-18,27H,13,16,19H2,1-2H3,(H2,32,34,35). The van der Waals surface area contributed by atoms with Crippen molar-refractivity contribution in [2.75, 3.05) is 18.1 Å². The van der Waals surface area contributed by atoms with Gasteiger partial charge in [-0.3, -0.25) is 4.99 Å². The van der Waals surface area contributed by atoms with Crippen LogP contribution in [0.2, 0.25) is 0 Å². The molecule has 4 rings (SSSR count). The number of nitrogens with zero attached hydrogens (tertiary/aromatic N) is 1. The summed E-state index contributed by atoms with van der Waals surface area (Å²) in [5.74, 6) is -3.00. The van der Waals surface area contributed by atoms with Crippen molar-refractivity contribution in [1.82, 2.24) is 5.32 Å². The number of rotatable bonds is 9. The summed E-state index contributed by atoms with van der Waals surface area (Å²) in [4.78, 5) is 17.6. The molecule has 3 aromatic carbocycles. The van der Waals surface area contributed by atoms with Gasteiger partial charge < -0.3 is 10.6 Å². The number of halogens is 2. The lowest BCUT2D eigenvalue weighted by Crippen LogP contribution is -2.32. The highest BCUT2D eigenvalue weighted by molar-refractivity contribution is 7.90. The lowest BCUT2D eigenvalue weighted by atomic mass is 9.95. The molecular formula is C29H29F2N3O3S. The second kappa shape index (κ2) is 11.3. The molecular weight excluding hydrogens is 508 g/mol. The predicted octanol–water partition coefficient (Wildman–Crippen LogP) is 5.86. The summed E-state index contributed by atoms with van der Waals surface area (Å²) >= 11 is 0. The summed E-state index contributed by atoms with van der Waals surface area (Å²) in [5.41, 5.74) is 3.87. The van der Waals surface area contributed by atoms with Gasteiger partial charge in [0.05, 0.1) is 23.2 Å². The van der Waals surface area contributed by atoms with E-state index in [1.54, 1.807) is 18.2 Å². The average molecular weight is 538 g/mol. The summed E-state index contributed by atoms with van der Waals surface area (Å²) in [6.07, 6.45) is 4.54. The van der Waals surface area contributed by atoms with Gasteiger partial charge in [-0.05, 0) is 59.9 Å². The van der Waals surface area contributed by atoms with E-state index in [1.807, 2.05) is 48.5 Å². The van der Waals surface area contributed by atoms with E-state index in [0.29, 0.717) is 18.6 Å². The van der Waals surface area contributed by atoms with Crippen molar-refractivity contribution in [3.63, 3.8) is 0 Å². The van der Waals surface area contributed by atoms with Gasteiger partial charge in [0.1, 0.15) is 0 Å². The number of alkyl halides is 2. The van der Waals surface area contributed by atoms with Crippen LogP contribution in [-0.4, -0.2) is 39.0 Å². The molecule has 0 radical (unpaired) electrons. The molecule has 6 nitrogen and oxygen atoms in total. The molecule has 1 aliphatic rings. The molecule has 2 N–H and O–H groups in total. The summed E-state index contributed by atoms with van der Waals surface area (Å²) in [7, 11) is -3.25. The number of aryl methyl sites for hydroxylation is 1. The number of urea groups is 1. The van der Waals surface area contributed by atoms with Crippen LogP contribution in [-0.2, 0) is 22.2 Å². The fraction of sp³-hybridized carbons (Fsp3) is 0.241. The molecule has 0 aliphatic carbocycles. The second-order valence-corrected chi connectivity index (χ2v) is 11.3. The topological polar surface area (TPSA) is 87.6 Å². The van der Waals surface area contributed by atoms with Gasteiger partial charge >= 0.3 is 6.03 Å². The molecule has 1 unspecified atom stereocenters. The molecule has 0 saturated heterocycles. The molecule has 0 spiro atoms. The van der Waals surface area contributed by atoms with Crippen LogP contribution in [0.1, 0.15) is 30.0 Å². The summed E-state index contributed by atoms with van der Waals surface area (Å²) < 4.78 is 50.6. The number of sulfone groups is 1. The zero-order chi connectivity index (χ0) is 27.3. The van der Waals surface area contributed by atoms with Crippen LogP contribution in [0.15, 0.2) is 94.8 Å². The molecule has 1 atom stereocenters. The van der Waals surface area contributed by atoms with E-state index in [1.165, 1.54) is 24.5 Å². The lowest BCUT2D eigenvalue weighted by molar-refractivity contribution is 0.0175. The normalized spacial score (nSPS) is 15.5. The van der Waals surface area contributed by atoms with Gasteiger partial charge in [0.2, 0.25) is 0 Å². The van der Waals surface area contributed by atoms with Crippen molar-refractivity contribution >= 4 is 32.8 Å². The van der Waals surface area contributed by atoms with Gasteiger partial charge in [0, 0.05) is 24.4 Å². The largest absolute Gasteiger partial charge is 0.332 e. The predicted molar refractivity (Wildman–Crippen MR) is 147 cm³/mol. The SMILES string of the molecule is CC(F)(F)c1cccc(NC(=O)NCC2=NC(CCc3ccc(S(C)(=O)=O)cc3)C(c3ccccc3)=C2)c1. The minimum absolute atomic E-state index is 0.129. The fourth-order valence-electron chi connectivity index (χ4n) is 4.23. The molecule has 9 heteroatoms. The van der Waals surface area contributed by atoms with E-state index in [2.05, 4.69) is 10.6 Å². The summed E-state index contributed by atoms with van der Waals surface area (Å²) in [6.45, 7) is 0.980. The Morgan fingerprint density at radius 1 is 1.00 bits per heavy atom. The number of benzene rings is 3. The quantitative estimate of drug-likeness (QED) is 0.358. The number of hydrogen-bond acceptors (Lipinski definition) is 4. The highest BCUT2D eigenvalue weighted by atomic mass is 32.2. The Kier molecular flexibility index (Phi) is 8.06. The van der Waals surface area contributed by atoms with Gasteiger partial charge in [-0.15, -0.1) is 0 Å². The Balaban J connectivity index is 1.42. The van der Waals surface area contributed by atoms with Crippen molar-refractivity contribution in [2.45, 2.75) is 36.6 Å². The molecule has 0 fully saturated rings. The van der Waals surface area contributed by atoms with Crippen molar-refractivity contribution in [1.29, 1.82) is 0 Å². The molecule has 0 bridgehead atoms. The first-order chi connectivity index (χ1) is 18.0. The van der Waals surface area contributed by atoms with Crippen LogP contribution in [0.4, 0.5) is 19.3 Å². The maximum atomic E-state index is 13.6. The molecule has 1 heterocycles. The maximum absolute atomic E-state index is 13.6.